The van der Waals surface area contributed by atoms with E-state index in [0.29, 0.717) is 6.54 Å². The third-order valence-electron chi connectivity index (χ3n) is 2.35. The molecule has 0 atom stereocenters. The summed E-state index contributed by atoms with van der Waals surface area (Å²) < 4.78 is 1.64. The van der Waals surface area contributed by atoms with Gasteiger partial charge in [-0.2, -0.15) is 0 Å². The van der Waals surface area contributed by atoms with E-state index >= 15 is 0 Å². The molecule has 0 spiro atoms. The first kappa shape index (κ1) is 8.97. The molecule has 0 fully saturated rings. The minimum Gasteiger partial charge on any atom is -0.326 e. The number of fused-ring (bicyclic) bond motifs is 1. The van der Waals surface area contributed by atoms with Crippen LogP contribution in [0.15, 0.2) is 30.5 Å². The molecule has 0 aliphatic rings. The third-order valence-corrected chi connectivity index (χ3v) is 2.35. The van der Waals surface area contributed by atoms with Crippen molar-refractivity contribution in [2.45, 2.75) is 13.5 Å². The Morgan fingerprint density at radius 3 is 2.79 bits per heavy atom. The number of benzene rings is 1. The molecule has 1 aromatic carbocycles. The van der Waals surface area contributed by atoms with Crippen LogP contribution in [-0.2, 0) is 6.54 Å². The maximum Gasteiger partial charge on any atom is 0.227 e. The van der Waals surface area contributed by atoms with E-state index < -0.39 is 0 Å². The van der Waals surface area contributed by atoms with E-state index in [9.17, 15) is 4.79 Å². The molecule has 1 heterocycles. The highest BCUT2D eigenvalue weighted by atomic mass is 16.1. The lowest BCUT2D eigenvalue weighted by molar-refractivity contribution is 0.0941. The Labute approximate surface area is 82.1 Å². The van der Waals surface area contributed by atoms with Gasteiger partial charge in [0.1, 0.15) is 0 Å². The van der Waals surface area contributed by atoms with Crippen LogP contribution in [-0.4, -0.2) is 10.5 Å². The molecule has 0 aliphatic carbocycles. The number of nitrogens with zero attached hydrogens (tertiary/aromatic N) is 1. The summed E-state index contributed by atoms with van der Waals surface area (Å²) in [6.07, 6.45) is 1.81. The molecule has 0 radical (unpaired) electrons. The lowest BCUT2D eigenvalue weighted by atomic mass is 10.2. The van der Waals surface area contributed by atoms with E-state index in [1.54, 1.807) is 11.5 Å². The molecule has 0 unspecified atom stereocenters. The van der Waals surface area contributed by atoms with Crippen LogP contribution in [0.1, 0.15) is 17.3 Å². The standard InChI is InChI=1S/C11H12N2O/c1-8(14)13-7-9(6-12)10-4-2-3-5-11(10)13/h2-5,7H,6,12H2,1H3. The second-order valence-electron chi connectivity index (χ2n) is 3.26. The number of nitrogens with two attached hydrogens (primary N) is 1. The van der Waals surface area contributed by atoms with Gasteiger partial charge in [-0.15, -0.1) is 0 Å². The minimum atomic E-state index is 0.0147. The maximum atomic E-state index is 11.3. The lowest BCUT2D eigenvalue weighted by Gasteiger charge is -1.97. The first-order valence-electron chi connectivity index (χ1n) is 4.54. The Morgan fingerprint density at radius 2 is 2.14 bits per heavy atom. The normalized spacial score (nSPS) is 10.7. The van der Waals surface area contributed by atoms with E-state index in [-0.39, 0.29) is 5.91 Å². The smallest absolute Gasteiger partial charge is 0.227 e. The first-order valence-corrected chi connectivity index (χ1v) is 4.54. The fraction of sp³-hybridized carbons (Fsp3) is 0.182. The van der Waals surface area contributed by atoms with Crippen LogP contribution in [0.25, 0.3) is 10.9 Å². The lowest BCUT2D eigenvalue weighted by Crippen LogP contribution is -2.03. The molecule has 1 aromatic heterocycles. The average molecular weight is 188 g/mol. The summed E-state index contributed by atoms with van der Waals surface area (Å²) in [5.41, 5.74) is 7.55. The first-order chi connectivity index (χ1) is 6.74. The summed E-state index contributed by atoms with van der Waals surface area (Å²) in [5.74, 6) is 0.0147. The Hall–Kier alpha value is -1.61. The Balaban J connectivity index is 2.80. The van der Waals surface area contributed by atoms with Gasteiger partial charge in [-0.25, -0.2) is 0 Å². The van der Waals surface area contributed by atoms with Crippen molar-refractivity contribution in [3.63, 3.8) is 0 Å². The molecule has 2 rings (SSSR count). The van der Waals surface area contributed by atoms with Gasteiger partial charge in [0.25, 0.3) is 0 Å². The van der Waals surface area contributed by atoms with Gasteiger partial charge in [-0.05, 0) is 11.6 Å². The molecule has 0 aliphatic heterocycles. The Kier molecular flexibility index (Phi) is 2.09. The van der Waals surface area contributed by atoms with Crippen molar-refractivity contribution < 1.29 is 4.79 Å². The van der Waals surface area contributed by atoms with E-state index in [1.165, 1.54) is 0 Å². The molecular weight excluding hydrogens is 176 g/mol. The number of hydrogen-bond donors (Lipinski definition) is 1. The van der Waals surface area contributed by atoms with Crippen LogP contribution < -0.4 is 5.73 Å². The van der Waals surface area contributed by atoms with Gasteiger partial charge in [0, 0.05) is 25.1 Å². The molecule has 2 N–H and O–H groups in total. The summed E-state index contributed by atoms with van der Waals surface area (Å²) in [4.78, 5) is 11.3. The maximum absolute atomic E-state index is 11.3. The van der Waals surface area contributed by atoms with Crippen LogP contribution in [0, 0.1) is 0 Å². The van der Waals surface area contributed by atoms with Crippen molar-refractivity contribution in [1.29, 1.82) is 0 Å². The largest absolute Gasteiger partial charge is 0.326 e. The number of para-hydroxylation sites is 1. The van der Waals surface area contributed by atoms with Gasteiger partial charge in [-0.3, -0.25) is 9.36 Å². The number of carbonyl (C=O) groups excluding carboxylic acids is 1. The molecule has 72 valence electrons. The van der Waals surface area contributed by atoms with Crippen molar-refractivity contribution in [1.82, 2.24) is 4.57 Å². The molecule has 0 saturated carbocycles. The summed E-state index contributed by atoms with van der Waals surface area (Å²) >= 11 is 0. The van der Waals surface area contributed by atoms with Crippen LogP contribution in [0.2, 0.25) is 0 Å². The van der Waals surface area contributed by atoms with Crippen molar-refractivity contribution in [3.8, 4) is 0 Å². The predicted octanol–water partition coefficient (Wildman–Crippen LogP) is 1.76. The molecule has 3 nitrogen and oxygen atoms in total. The number of aromatic nitrogens is 1. The van der Waals surface area contributed by atoms with E-state index in [2.05, 4.69) is 0 Å². The molecule has 14 heavy (non-hydrogen) atoms. The van der Waals surface area contributed by atoms with Crippen molar-refractivity contribution >= 4 is 16.8 Å². The molecule has 0 amide bonds. The number of carbonyl (C=O) groups is 1. The number of rotatable bonds is 1. The van der Waals surface area contributed by atoms with Gasteiger partial charge in [0.05, 0.1) is 5.52 Å². The zero-order chi connectivity index (χ0) is 10.1. The fourth-order valence-corrected chi connectivity index (χ4v) is 1.67. The summed E-state index contributed by atoms with van der Waals surface area (Å²) in [7, 11) is 0. The second kappa shape index (κ2) is 3.27. The van der Waals surface area contributed by atoms with Gasteiger partial charge < -0.3 is 5.73 Å². The third kappa shape index (κ3) is 1.22. The topological polar surface area (TPSA) is 48.0 Å². The quantitative estimate of drug-likeness (QED) is 0.741. The van der Waals surface area contributed by atoms with Crippen molar-refractivity contribution in [2.24, 2.45) is 5.73 Å². The molecule has 2 aromatic rings. The SMILES string of the molecule is CC(=O)n1cc(CN)c2ccccc21. The highest BCUT2D eigenvalue weighted by Gasteiger charge is 2.08. The monoisotopic (exact) mass is 188 g/mol. The highest BCUT2D eigenvalue weighted by molar-refractivity contribution is 5.93. The molecule has 0 saturated heterocycles. The van der Waals surface area contributed by atoms with Crippen molar-refractivity contribution in [3.05, 3.63) is 36.0 Å². The van der Waals surface area contributed by atoms with Crippen LogP contribution in [0.5, 0.6) is 0 Å². The summed E-state index contributed by atoms with van der Waals surface area (Å²) in [5, 5.41) is 1.06. The fourth-order valence-electron chi connectivity index (χ4n) is 1.67. The zero-order valence-electron chi connectivity index (χ0n) is 8.03. The van der Waals surface area contributed by atoms with Crippen LogP contribution >= 0.6 is 0 Å². The van der Waals surface area contributed by atoms with E-state index in [1.807, 2.05) is 30.5 Å². The summed E-state index contributed by atoms with van der Waals surface area (Å²) in [6.45, 7) is 2.01. The molecule has 0 bridgehead atoms. The van der Waals surface area contributed by atoms with E-state index in [4.69, 9.17) is 5.73 Å². The van der Waals surface area contributed by atoms with E-state index in [0.717, 1.165) is 16.5 Å². The predicted molar refractivity (Wildman–Crippen MR) is 56.1 cm³/mol. The van der Waals surface area contributed by atoms with Gasteiger partial charge in [-0.1, -0.05) is 18.2 Å². The number of hydrogen-bond acceptors (Lipinski definition) is 2. The van der Waals surface area contributed by atoms with Gasteiger partial charge in [0.15, 0.2) is 0 Å². The highest BCUT2D eigenvalue weighted by Crippen LogP contribution is 2.20. The molecular formula is C11H12N2O. The minimum absolute atomic E-state index is 0.0147. The van der Waals surface area contributed by atoms with Crippen molar-refractivity contribution in [2.75, 3.05) is 0 Å². The Morgan fingerprint density at radius 1 is 1.43 bits per heavy atom. The average Bonchev–Trinajstić information content (AvgIpc) is 2.56. The van der Waals surface area contributed by atoms with Crippen LogP contribution in [0.4, 0.5) is 0 Å². The summed E-state index contributed by atoms with van der Waals surface area (Å²) in [6, 6.07) is 7.78. The zero-order valence-corrected chi connectivity index (χ0v) is 8.03. The molecule has 3 heteroatoms. The van der Waals surface area contributed by atoms with Gasteiger partial charge in [0.2, 0.25) is 5.91 Å². The van der Waals surface area contributed by atoms with Gasteiger partial charge >= 0.3 is 0 Å². The second-order valence-corrected chi connectivity index (χ2v) is 3.26. The Bertz CT molecular complexity index is 485. The van der Waals surface area contributed by atoms with Crippen LogP contribution in [0.3, 0.4) is 0 Å².